The molecule has 5 rings (SSSR count). The largest absolute Gasteiger partial charge is 0.493 e. The number of hydrogen-bond donors (Lipinski definition) is 2. The van der Waals surface area contributed by atoms with Crippen LogP contribution in [0.5, 0.6) is 11.5 Å². The Kier molecular flexibility index (Phi) is 6.46. The SMILES string of the molecule is COC(=O)C1=C(C)NC2=C(C(=O)c3ccccc32)C1c1ccc(OCc2ccc(C(=O)O)cc2)c(OC)c1. The van der Waals surface area contributed by atoms with E-state index < -0.39 is 17.9 Å². The number of hydrogen-bond acceptors (Lipinski definition) is 7. The zero-order valence-corrected chi connectivity index (χ0v) is 21.0. The number of nitrogens with one attached hydrogen (secondary N) is 1. The summed E-state index contributed by atoms with van der Waals surface area (Å²) in [6, 6.07) is 19.1. The van der Waals surface area contributed by atoms with E-state index in [4.69, 9.17) is 19.3 Å². The van der Waals surface area contributed by atoms with Crippen molar-refractivity contribution < 1.29 is 33.7 Å². The number of fused-ring (bicyclic) bond motifs is 2. The van der Waals surface area contributed by atoms with Crippen molar-refractivity contribution in [3.63, 3.8) is 0 Å². The monoisotopic (exact) mass is 511 g/mol. The predicted molar refractivity (Wildman–Crippen MR) is 139 cm³/mol. The molecule has 0 fully saturated rings. The number of benzene rings is 3. The average Bonchev–Trinajstić information content (AvgIpc) is 3.22. The van der Waals surface area contributed by atoms with E-state index in [1.54, 1.807) is 43.3 Å². The minimum absolute atomic E-state index is 0.147. The van der Waals surface area contributed by atoms with Crippen LogP contribution in [-0.2, 0) is 16.1 Å². The van der Waals surface area contributed by atoms with E-state index in [1.165, 1.54) is 26.4 Å². The first-order valence-electron chi connectivity index (χ1n) is 11.9. The highest BCUT2D eigenvalue weighted by Crippen LogP contribution is 2.47. The number of ketones is 1. The van der Waals surface area contributed by atoms with Crippen LogP contribution in [-0.4, -0.2) is 37.0 Å². The Morgan fingerprint density at radius 2 is 1.66 bits per heavy atom. The van der Waals surface area contributed by atoms with Crippen LogP contribution in [0.25, 0.3) is 5.70 Å². The van der Waals surface area contributed by atoms with Crippen molar-refractivity contribution in [3.05, 3.63) is 111 Å². The van der Waals surface area contributed by atoms with E-state index in [2.05, 4.69) is 5.32 Å². The summed E-state index contributed by atoms with van der Waals surface area (Å²) in [4.78, 5) is 37.6. The van der Waals surface area contributed by atoms with Gasteiger partial charge in [-0.1, -0.05) is 42.5 Å². The molecule has 1 atom stereocenters. The van der Waals surface area contributed by atoms with Gasteiger partial charge in [0.1, 0.15) is 6.61 Å². The number of carboxylic acids is 1. The molecule has 1 aliphatic heterocycles. The zero-order chi connectivity index (χ0) is 27.0. The Labute approximate surface area is 219 Å². The number of ether oxygens (including phenoxy) is 3. The summed E-state index contributed by atoms with van der Waals surface area (Å²) in [5, 5.41) is 12.4. The zero-order valence-electron chi connectivity index (χ0n) is 21.0. The van der Waals surface area contributed by atoms with Crippen molar-refractivity contribution in [2.75, 3.05) is 14.2 Å². The first-order valence-corrected chi connectivity index (χ1v) is 11.9. The third-order valence-corrected chi connectivity index (χ3v) is 6.77. The lowest BCUT2D eigenvalue weighted by atomic mass is 9.79. The Morgan fingerprint density at radius 1 is 0.947 bits per heavy atom. The Morgan fingerprint density at radius 3 is 2.32 bits per heavy atom. The Balaban J connectivity index is 1.51. The summed E-state index contributed by atoms with van der Waals surface area (Å²) >= 11 is 0. The van der Waals surface area contributed by atoms with Crippen LogP contribution in [0.2, 0.25) is 0 Å². The first-order chi connectivity index (χ1) is 18.3. The minimum Gasteiger partial charge on any atom is -0.493 e. The number of esters is 1. The van der Waals surface area contributed by atoms with Crippen molar-refractivity contribution in [2.45, 2.75) is 19.4 Å². The molecule has 3 aromatic carbocycles. The summed E-state index contributed by atoms with van der Waals surface area (Å²) in [6.45, 7) is 1.98. The third kappa shape index (κ3) is 4.20. The molecule has 2 N–H and O–H groups in total. The highest BCUT2D eigenvalue weighted by atomic mass is 16.5. The van der Waals surface area contributed by atoms with Gasteiger partial charge in [0.15, 0.2) is 17.3 Å². The second-order valence-corrected chi connectivity index (χ2v) is 8.95. The maximum absolute atomic E-state index is 13.6. The Hall–Kier alpha value is -4.85. The van der Waals surface area contributed by atoms with E-state index >= 15 is 0 Å². The topological polar surface area (TPSA) is 111 Å². The van der Waals surface area contributed by atoms with Gasteiger partial charge in [-0.3, -0.25) is 4.79 Å². The van der Waals surface area contributed by atoms with E-state index in [-0.39, 0.29) is 18.0 Å². The molecule has 38 heavy (non-hydrogen) atoms. The van der Waals surface area contributed by atoms with Crippen molar-refractivity contribution in [1.82, 2.24) is 5.32 Å². The fourth-order valence-electron chi connectivity index (χ4n) is 4.93. The van der Waals surface area contributed by atoms with Gasteiger partial charge in [0.2, 0.25) is 0 Å². The molecule has 0 radical (unpaired) electrons. The van der Waals surface area contributed by atoms with Gasteiger partial charge < -0.3 is 24.6 Å². The molecule has 0 amide bonds. The number of carbonyl (C=O) groups is 3. The molecule has 1 heterocycles. The van der Waals surface area contributed by atoms with Gasteiger partial charge >= 0.3 is 11.9 Å². The number of rotatable bonds is 7. The lowest BCUT2D eigenvalue weighted by Gasteiger charge is -2.29. The molecule has 1 aliphatic carbocycles. The molecule has 2 aliphatic rings. The van der Waals surface area contributed by atoms with Crippen LogP contribution in [0.15, 0.2) is 83.6 Å². The molecular formula is C30H25NO7. The van der Waals surface area contributed by atoms with E-state index in [1.807, 2.05) is 18.2 Å². The minimum atomic E-state index is -0.995. The number of dihydropyridines is 1. The van der Waals surface area contributed by atoms with E-state index in [0.29, 0.717) is 45.2 Å². The highest BCUT2D eigenvalue weighted by Gasteiger charge is 2.43. The van der Waals surface area contributed by atoms with Crippen LogP contribution >= 0.6 is 0 Å². The standard InChI is InChI=1S/C30H25NO7/c1-16-24(30(35)37-3)25(26-27(31-16)20-6-4-5-7-21(20)28(26)32)19-12-13-22(23(14-19)36-2)38-15-17-8-10-18(11-9-17)29(33)34/h4-14,25,31H,15H2,1-3H3,(H,33,34). The molecule has 0 saturated heterocycles. The smallest absolute Gasteiger partial charge is 0.336 e. The summed E-state index contributed by atoms with van der Waals surface area (Å²) < 4.78 is 16.7. The molecule has 192 valence electrons. The molecule has 0 spiro atoms. The van der Waals surface area contributed by atoms with Gasteiger partial charge in [0.05, 0.1) is 31.1 Å². The number of Topliss-reactive ketones (excluding diaryl/α,β-unsaturated/α-hetero) is 1. The van der Waals surface area contributed by atoms with E-state index in [0.717, 1.165) is 11.1 Å². The molecule has 0 bridgehead atoms. The first kappa shape index (κ1) is 24.8. The maximum atomic E-state index is 13.6. The van der Waals surface area contributed by atoms with Crippen molar-refractivity contribution in [1.29, 1.82) is 0 Å². The van der Waals surface area contributed by atoms with Gasteiger partial charge in [-0.15, -0.1) is 0 Å². The van der Waals surface area contributed by atoms with Crippen LogP contribution in [0.4, 0.5) is 0 Å². The summed E-state index contributed by atoms with van der Waals surface area (Å²) in [5.74, 6) is -1.46. The van der Waals surface area contributed by atoms with Gasteiger partial charge in [-0.25, -0.2) is 9.59 Å². The van der Waals surface area contributed by atoms with Crippen molar-refractivity contribution in [3.8, 4) is 11.5 Å². The quantitative estimate of drug-likeness (QED) is 0.439. The van der Waals surface area contributed by atoms with Crippen molar-refractivity contribution >= 4 is 23.4 Å². The number of carboxylic acid groups (broad SMARTS) is 1. The molecule has 0 saturated carbocycles. The number of carbonyl (C=O) groups excluding carboxylic acids is 2. The van der Waals surface area contributed by atoms with Gasteiger partial charge in [-0.05, 0) is 42.3 Å². The average molecular weight is 512 g/mol. The maximum Gasteiger partial charge on any atom is 0.336 e. The van der Waals surface area contributed by atoms with Crippen LogP contribution in [0, 0.1) is 0 Å². The lowest BCUT2D eigenvalue weighted by Crippen LogP contribution is -2.29. The summed E-state index contributed by atoms with van der Waals surface area (Å²) in [6.07, 6.45) is 0. The number of aromatic carboxylic acids is 1. The van der Waals surface area contributed by atoms with Gasteiger partial charge in [-0.2, -0.15) is 0 Å². The molecule has 8 heteroatoms. The lowest BCUT2D eigenvalue weighted by molar-refractivity contribution is -0.136. The number of allylic oxidation sites excluding steroid dienone is 2. The second kappa shape index (κ2) is 9.89. The fraction of sp³-hybridized carbons (Fsp3) is 0.167. The normalized spacial score (nSPS) is 16.0. The second-order valence-electron chi connectivity index (χ2n) is 8.95. The van der Waals surface area contributed by atoms with Gasteiger partial charge in [0.25, 0.3) is 0 Å². The number of methoxy groups -OCH3 is 2. The third-order valence-electron chi connectivity index (χ3n) is 6.77. The molecule has 0 aromatic heterocycles. The van der Waals surface area contributed by atoms with Crippen LogP contribution in [0.1, 0.15) is 50.2 Å². The van der Waals surface area contributed by atoms with Crippen LogP contribution in [0.3, 0.4) is 0 Å². The fourth-order valence-corrected chi connectivity index (χ4v) is 4.93. The van der Waals surface area contributed by atoms with Gasteiger partial charge in [0, 0.05) is 28.3 Å². The summed E-state index contributed by atoms with van der Waals surface area (Å²) in [5.41, 5.74) is 5.15. The highest BCUT2D eigenvalue weighted by molar-refractivity contribution is 6.23. The van der Waals surface area contributed by atoms with Crippen molar-refractivity contribution in [2.24, 2.45) is 0 Å². The molecule has 3 aromatic rings. The summed E-state index contributed by atoms with van der Waals surface area (Å²) in [7, 11) is 2.83. The molecule has 1 unspecified atom stereocenters. The molecule has 8 nitrogen and oxygen atoms in total. The Bertz CT molecular complexity index is 1530. The van der Waals surface area contributed by atoms with E-state index in [9.17, 15) is 14.4 Å². The predicted octanol–water partition coefficient (Wildman–Crippen LogP) is 4.71. The van der Waals surface area contributed by atoms with Crippen LogP contribution < -0.4 is 14.8 Å². The molecular weight excluding hydrogens is 486 g/mol.